The van der Waals surface area contributed by atoms with Crippen molar-refractivity contribution >= 4 is 5.82 Å². The minimum Gasteiger partial charge on any atom is -0.388 e. The van der Waals surface area contributed by atoms with E-state index in [0.29, 0.717) is 17.5 Å². The summed E-state index contributed by atoms with van der Waals surface area (Å²) in [6.07, 6.45) is 4.85. The van der Waals surface area contributed by atoms with Crippen molar-refractivity contribution in [1.82, 2.24) is 20.0 Å². The van der Waals surface area contributed by atoms with Crippen LogP contribution in [0.1, 0.15) is 58.2 Å². The van der Waals surface area contributed by atoms with Gasteiger partial charge in [0.15, 0.2) is 5.82 Å². The first-order valence-electron chi connectivity index (χ1n) is 10.7. The van der Waals surface area contributed by atoms with Crippen LogP contribution in [-0.2, 0) is 0 Å². The number of likely N-dealkylation sites (tertiary alicyclic amines) is 1. The standard InChI is InChI=1S/C21H35N5O/c1-15-7-18(23-26(15)17-9-21(10-17)11-22-12-21)25-6-5-16(8-19(25,2)3)24-13-20(4,27)14-24/h7,16-17,22,27H,5-6,8-14H2,1-4H3. The third kappa shape index (κ3) is 2.91. The van der Waals surface area contributed by atoms with Crippen molar-refractivity contribution in [3.8, 4) is 0 Å². The maximum absolute atomic E-state index is 10.1. The van der Waals surface area contributed by atoms with Crippen LogP contribution >= 0.6 is 0 Å². The molecule has 3 saturated heterocycles. The van der Waals surface area contributed by atoms with E-state index in [1.54, 1.807) is 0 Å². The summed E-state index contributed by atoms with van der Waals surface area (Å²) in [5.41, 5.74) is 1.50. The van der Waals surface area contributed by atoms with Crippen LogP contribution in [0.5, 0.6) is 0 Å². The molecule has 150 valence electrons. The van der Waals surface area contributed by atoms with Gasteiger partial charge in [-0.15, -0.1) is 0 Å². The number of rotatable bonds is 3. The number of aryl methyl sites for hydroxylation is 1. The molecule has 6 heteroatoms. The lowest BCUT2D eigenvalue weighted by Crippen LogP contribution is -2.66. The largest absolute Gasteiger partial charge is 0.388 e. The van der Waals surface area contributed by atoms with Crippen molar-refractivity contribution in [3.63, 3.8) is 0 Å². The lowest BCUT2D eigenvalue weighted by molar-refractivity contribution is -0.109. The molecule has 1 aliphatic carbocycles. The first kappa shape index (κ1) is 18.0. The smallest absolute Gasteiger partial charge is 0.151 e. The molecule has 1 aromatic rings. The number of piperidine rings is 1. The average Bonchev–Trinajstić information content (AvgIpc) is 2.82. The van der Waals surface area contributed by atoms with Gasteiger partial charge in [0.1, 0.15) is 0 Å². The number of aliphatic hydroxyl groups is 1. The van der Waals surface area contributed by atoms with Gasteiger partial charge in [0.25, 0.3) is 0 Å². The van der Waals surface area contributed by atoms with E-state index in [1.807, 2.05) is 6.92 Å². The monoisotopic (exact) mass is 373 g/mol. The highest BCUT2D eigenvalue weighted by molar-refractivity contribution is 5.44. The summed E-state index contributed by atoms with van der Waals surface area (Å²) in [4.78, 5) is 4.98. The molecule has 1 atom stereocenters. The Kier molecular flexibility index (Phi) is 3.79. The lowest BCUT2D eigenvalue weighted by Gasteiger charge is -2.55. The van der Waals surface area contributed by atoms with E-state index >= 15 is 0 Å². The summed E-state index contributed by atoms with van der Waals surface area (Å²) in [5.74, 6) is 1.15. The second kappa shape index (κ2) is 5.71. The zero-order valence-corrected chi connectivity index (χ0v) is 17.3. The average molecular weight is 374 g/mol. The van der Waals surface area contributed by atoms with Crippen molar-refractivity contribution in [3.05, 3.63) is 11.8 Å². The minimum absolute atomic E-state index is 0.0920. The Hall–Kier alpha value is -1.11. The summed E-state index contributed by atoms with van der Waals surface area (Å²) >= 11 is 0. The van der Waals surface area contributed by atoms with Gasteiger partial charge in [0, 0.05) is 56.1 Å². The molecule has 0 amide bonds. The Morgan fingerprint density at radius 1 is 1.11 bits per heavy atom. The van der Waals surface area contributed by atoms with Crippen LogP contribution in [0, 0.1) is 12.3 Å². The van der Waals surface area contributed by atoms with E-state index in [2.05, 4.69) is 46.6 Å². The first-order valence-corrected chi connectivity index (χ1v) is 10.7. The van der Waals surface area contributed by atoms with E-state index < -0.39 is 5.60 Å². The number of aromatic nitrogens is 2. The van der Waals surface area contributed by atoms with E-state index in [0.717, 1.165) is 38.3 Å². The topological polar surface area (TPSA) is 56.6 Å². The van der Waals surface area contributed by atoms with Gasteiger partial charge in [-0.05, 0) is 58.8 Å². The highest BCUT2D eigenvalue weighted by Crippen LogP contribution is 2.51. The Morgan fingerprint density at radius 3 is 2.37 bits per heavy atom. The fraction of sp³-hybridized carbons (Fsp3) is 0.857. The van der Waals surface area contributed by atoms with Gasteiger partial charge in [0.05, 0.1) is 11.6 Å². The van der Waals surface area contributed by atoms with E-state index in [4.69, 9.17) is 5.10 Å². The maximum atomic E-state index is 10.1. The Balaban J connectivity index is 1.27. The number of β-amino-alcohol motifs (C(OH)–C–C–N with tert-alkyl or cyclic N) is 1. The molecule has 4 fully saturated rings. The van der Waals surface area contributed by atoms with Crippen LogP contribution in [0.4, 0.5) is 5.82 Å². The summed E-state index contributed by atoms with van der Waals surface area (Å²) < 4.78 is 2.30. The Morgan fingerprint density at radius 2 is 1.81 bits per heavy atom. The van der Waals surface area contributed by atoms with Gasteiger partial charge in [-0.1, -0.05) is 0 Å². The molecule has 5 rings (SSSR count). The number of hydrogen-bond acceptors (Lipinski definition) is 5. The molecule has 1 saturated carbocycles. The molecule has 1 unspecified atom stereocenters. The van der Waals surface area contributed by atoms with Crippen LogP contribution in [0.25, 0.3) is 0 Å². The molecule has 27 heavy (non-hydrogen) atoms. The van der Waals surface area contributed by atoms with Gasteiger partial charge in [-0.3, -0.25) is 9.58 Å². The van der Waals surface area contributed by atoms with Crippen LogP contribution in [-0.4, -0.2) is 69.7 Å². The van der Waals surface area contributed by atoms with Crippen LogP contribution in [0.3, 0.4) is 0 Å². The minimum atomic E-state index is -0.479. The number of hydrogen-bond donors (Lipinski definition) is 2. The van der Waals surface area contributed by atoms with Gasteiger partial charge in [0.2, 0.25) is 0 Å². The summed E-state index contributed by atoms with van der Waals surface area (Å²) in [6, 6.07) is 3.46. The number of anilines is 1. The first-order chi connectivity index (χ1) is 12.7. The third-order valence-electron chi connectivity index (χ3n) is 7.62. The molecule has 3 aliphatic heterocycles. The van der Waals surface area contributed by atoms with Gasteiger partial charge in [-0.25, -0.2) is 0 Å². The van der Waals surface area contributed by atoms with Crippen molar-refractivity contribution in [2.45, 2.75) is 76.6 Å². The predicted octanol–water partition coefficient (Wildman–Crippen LogP) is 1.93. The molecular formula is C21H35N5O. The lowest BCUT2D eigenvalue weighted by atomic mass is 9.62. The zero-order valence-electron chi connectivity index (χ0n) is 17.3. The fourth-order valence-electron chi connectivity index (χ4n) is 6.05. The quantitative estimate of drug-likeness (QED) is 0.848. The van der Waals surface area contributed by atoms with Crippen LogP contribution < -0.4 is 10.2 Å². The fourth-order valence-corrected chi connectivity index (χ4v) is 6.05. The molecule has 1 spiro atoms. The van der Waals surface area contributed by atoms with Gasteiger partial charge >= 0.3 is 0 Å². The van der Waals surface area contributed by atoms with Crippen molar-refractivity contribution in [2.75, 3.05) is 37.6 Å². The zero-order chi connectivity index (χ0) is 19.0. The highest BCUT2D eigenvalue weighted by atomic mass is 16.3. The van der Waals surface area contributed by atoms with Crippen LogP contribution in [0.2, 0.25) is 0 Å². The van der Waals surface area contributed by atoms with Crippen LogP contribution in [0.15, 0.2) is 6.07 Å². The molecule has 0 aromatic carbocycles. The maximum Gasteiger partial charge on any atom is 0.151 e. The highest BCUT2D eigenvalue weighted by Gasteiger charge is 2.50. The number of nitrogens with zero attached hydrogens (tertiary/aromatic N) is 4. The predicted molar refractivity (Wildman–Crippen MR) is 107 cm³/mol. The molecule has 4 aliphatic rings. The van der Waals surface area contributed by atoms with Crippen molar-refractivity contribution in [1.29, 1.82) is 0 Å². The molecule has 0 radical (unpaired) electrons. The second-order valence-electron chi connectivity index (χ2n) is 10.8. The molecule has 4 heterocycles. The molecule has 1 aromatic heterocycles. The normalized spacial score (nSPS) is 32.0. The molecular weight excluding hydrogens is 338 g/mol. The summed E-state index contributed by atoms with van der Waals surface area (Å²) in [5, 5.41) is 18.6. The Labute approximate surface area is 162 Å². The third-order valence-corrected chi connectivity index (χ3v) is 7.62. The van der Waals surface area contributed by atoms with E-state index in [9.17, 15) is 5.11 Å². The summed E-state index contributed by atoms with van der Waals surface area (Å²) in [6.45, 7) is 13.9. The molecule has 2 N–H and O–H groups in total. The van der Waals surface area contributed by atoms with Gasteiger partial charge in [-0.2, -0.15) is 5.10 Å². The van der Waals surface area contributed by atoms with Crippen molar-refractivity contribution in [2.24, 2.45) is 5.41 Å². The van der Waals surface area contributed by atoms with Gasteiger partial charge < -0.3 is 15.3 Å². The Bertz CT molecular complexity index is 719. The second-order valence-corrected chi connectivity index (χ2v) is 10.8. The van der Waals surface area contributed by atoms with E-state index in [-0.39, 0.29) is 5.54 Å². The molecule has 0 bridgehead atoms. The SMILES string of the molecule is Cc1cc(N2CCC(N3CC(C)(O)C3)CC2(C)C)nn1C1CC2(CNC2)C1. The molecule has 6 nitrogen and oxygen atoms in total. The van der Waals surface area contributed by atoms with E-state index in [1.165, 1.54) is 31.6 Å². The summed E-state index contributed by atoms with van der Waals surface area (Å²) in [7, 11) is 0. The number of nitrogens with one attached hydrogen (secondary N) is 1. The van der Waals surface area contributed by atoms with Crippen molar-refractivity contribution < 1.29 is 5.11 Å².